The highest BCUT2D eigenvalue weighted by molar-refractivity contribution is 5.88. The topological polar surface area (TPSA) is 85.4 Å². The Kier molecular flexibility index (Phi) is 2.71. The lowest BCUT2D eigenvalue weighted by Crippen LogP contribution is -2.60. The first-order chi connectivity index (χ1) is 11.7. The monoisotopic (exact) mass is 346 g/mol. The number of rotatable bonds is 1. The van der Waals surface area contributed by atoms with E-state index in [1.165, 1.54) is 0 Å². The van der Waals surface area contributed by atoms with Crippen LogP contribution >= 0.6 is 0 Å². The van der Waals surface area contributed by atoms with E-state index in [1.54, 1.807) is 13.0 Å². The Balaban J connectivity index is 1.75. The highest BCUT2D eigenvalue weighted by Gasteiger charge is 2.78. The van der Waals surface area contributed by atoms with Crippen molar-refractivity contribution in [3.8, 4) is 0 Å². The van der Waals surface area contributed by atoms with Crippen molar-refractivity contribution in [3.05, 3.63) is 23.3 Å². The molecule has 5 rings (SSSR count). The van der Waals surface area contributed by atoms with Crippen LogP contribution in [0.5, 0.6) is 0 Å². The van der Waals surface area contributed by atoms with E-state index in [-0.39, 0.29) is 36.0 Å². The zero-order valence-corrected chi connectivity index (χ0v) is 14.7. The number of fused-ring (bicyclic) bond motifs is 4. The number of hydrogen-bond acceptors (Lipinski definition) is 6. The van der Waals surface area contributed by atoms with E-state index in [2.05, 4.69) is 0 Å². The molecule has 2 saturated heterocycles. The normalized spacial score (nSPS) is 52.4. The molecule has 0 amide bonds. The van der Waals surface area contributed by atoms with E-state index < -0.39 is 29.1 Å². The third-order valence-electron chi connectivity index (χ3n) is 7.00. The van der Waals surface area contributed by atoms with Gasteiger partial charge in [0.15, 0.2) is 0 Å². The molecule has 0 spiro atoms. The van der Waals surface area contributed by atoms with Crippen molar-refractivity contribution in [1.82, 2.24) is 0 Å². The Morgan fingerprint density at radius 2 is 1.88 bits per heavy atom. The third-order valence-corrected chi connectivity index (χ3v) is 7.00. The molecule has 0 unspecified atom stereocenters. The van der Waals surface area contributed by atoms with Gasteiger partial charge in [0.05, 0.1) is 12.2 Å². The average molecular weight is 346 g/mol. The lowest BCUT2D eigenvalue weighted by Gasteiger charge is -2.52. The number of aliphatic hydroxyl groups excluding tert-OH is 1. The second-order valence-corrected chi connectivity index (χ2v) is 8.66. The van der Waals surface area contributed by atoms with Crippen molar-refractivity contribution in [2.45, 2.75) is 58.2 Å². The minimum atomic E-state index is -1.03. The quantitative estimate of drug-likeness (QED) is 0.566. The van der Waals surface area contributed by atoms with Crippen molar-refractivity contribution in [2.75, 3.05) is 0 Å². The fraction of sp³-hybridized carbons (Fsp3) is 0.684. The van der Waals surface area contributed by atoms with Crippen LogP contribution in [0.25, 0.3) is 0 Å². The lowest BCUT2D eigenvalue weighted by molar-refractivity contribution is -0.154. The molecular formula is C19H22O6. The number of cyclic esters (lactones) is 1. The minimum absolute atomic E-state index is 0.104. The van der Waals surface area contributed by atoms with Gasteiger partial charge in [-0.25, -0.2) is 4.79 Å². The SMILES string of the molecule is CC(C)[C@H]1OC(=O)C=C2C1=C[C@H]1OC(=O)[C@]3(C)[C@H]1[C@]2(C)[C@@H]1O[C@@H]1[C@H]3O. The Labute approximate surface area is 145 Å². The van der Waals surface area contributed by atoms with E-state index in [1.807, 2.05) is 26.8 Å². The van der Waals surface area contributed by atoms with Gasteiger partial charge in [-0.1, -0.05) is 20.8 Å². The minimum Gasteiger partial charge on any atom is -0.457 e. The number of hydrogen-bond donors (Lipinski definition) is 1. The highest BCUT2D eigenvalue weighted by Crippen LogP contribution is 2.69. The first kappa shape index (κ1) is 15.6. The molecule has 8 atom stereocenters. The fourth-order valence-corrected chi connectivity index (χ4v) is 5.77. The fourth-order valence-electron chi connectivity index (χ4n) is 5.77. The summed E-state index contributed by atoms with van der Waals surface area (Å²) in [7, 11) is 0. The van der Waals surface area contributed by atoms with Crippen LogP contribution in [-0.4, -0.2) is 47.6 Å². The van der Waals surface area contributed by atoms with Gasteiger partial charge in [-0.15, -0.1) is 0 Å². The molecule has 3 fully saturated rings. The second-order valence-electron chi connectivity index (χ2n) is 8.66. The highest BCUT2D eigenvalue weighted by atomic mass is 16.6. The molecule has 2 aliphatic carbocycles. The van der Waals surface area contributed by atoms with E-state index in [9.17, 15) is 14.7 Å². The van der Waals surface area contributed by atoms with E-state index in [0.29, 0.717) is 0 Å². The van der Waals surface area contributed by atoms with Gasteiger partial charge in [0.2, 0.25) is 0 Å². The van der Waals surface area contributed by atoms with Crippen LogP contribution < -0.4 is 0 Å². The van der Waals surface area contributed by atoms with Gasteiger partial charge in [-0.3, -0.25) is 4.79 Å². The molecule has 0 aromatic carbocycles. The molecule has 0 aromatic rings. The Morgan fingerprint density at radius 3 is 2.56 bits per heavy atom. The third kappa shape index (κ3) is 1.59. The van der Waals surface area contributed by atoms with Crippen LogP contribution in [0.1, 0.15) is 27.7 Å². The number of epoxide rings is 1. The predicted molar refractivity (Wildman–Crippen MR) is 85.1 cm³/mol. The zero-order chi connectivity index (χ0) is 17.9. The Morgan fingerprint density at radius 1 is 1.16 bits per heavy atom. The summed E-state index contributed by atoms with van der Waals surface area (Å²) in [5.41, 5.74) is 0.203. The first-order valence-corrected chi connectivity index (χ1v) is 8.90. The van der Waals surface area contributed by atoms with Crippen molar-refractivity contribution < 1.29 is 28.9 Å². The number of ether oxygens (including phenoxy) is 3. The van der Waals surface area contributed by atoms with Crippen molar-refractivity contribution in [1.29, 1.82) is 0 Å². The number of carbonyl (C=O) groups excluding carboxylic acids is 2. The molecule has 0 aromatic heterocycles. The van der Waals surface area contributed by atoms with Crippen LogP contribution in [0.15, 0.2) is 23.3 Å². The summed E-state index contributed by atoms with van der Waals surface area (Å²) >= 11 is 0. The van der Waals surface area contributed by atoms with Crippen LogP contribution in [-0.2, 0) is 23.8 Å². The average Bonchev–Trinajstić information content (AvgIpc) is 3.29. The van der Waals surface area contributed by atoms with Crippen LogP contribution in [0, 0.1) is 22.7 Å². The standard InChI is InChI=1S/C19H22O6/c1-7(2)12-8-5-10-14-18(3,9(8)6-11(20)24-12)16-13(25-16)15(21)19(14,4)17(22)23-10/h5-7,10,12-16,21H,1-4H3/t10-,12-,13-,14-,15-,16-,18-,19-/m1/s1. The number of esters is 2. The van der Waals surface area contributed by atoms with Gasteiger partial charge in [0.1, 0.15) is 23.7 Å². The van der Waals surface area contributed by atoms with Crippen LogP contribution in [0.3, 0.4) is 0 Å². The molecule has 134 valence electrons. The molecule has 1 saturated carbocycles. The molecule has 6 heteroatoms. The largest absolute Gasteiger partial charge is 0.457 e. The van der Waals surface area contributed by atoms with Crippen LogP contribution in [0.2, 0.25) is 0 Å². The van der Waals surface area contributed by atoms with Crippen molar-refractivity contribution in [3.63, 3.8) is 0 Å². The molecule has 3 heterocycles. The smallest absolute Gasteiger partial charge is 0.331 e. The second kappa shape index (κ2) is 4.35. The maximum Gasteiger partial charge on any atom is 0.331 e. The van der Waals surface area contributed by atoms with E-state index in [0.717, 1.165) is 11.1 Å². The molecule has 1 N–H and O–H groups in total. The summed E-state index contributed by atoms with van der Waals surface area (Å²) < 4.78 is 17.1. The van der Waals surface area contributed by atoms with E-state index >= 15 is 0 Å². The summed E-state index contributed by atoms with van der Waals surface area (Å²) in [6.07, 6.45) is 1.17. The maximum atomic E-state index is 12.7. The molecular weight excluding hydrogens is 324 g/mol. The molecule has 6 nitrogen and oxygen atoms in total. The van der Waals surface area contributed by atoms with Gasteiger partial charge >= 0.3 is 11.9 Å². The Hall–Kier alpha value is -1.66. The summed E-state index contributed by atoms with van der Waals surface area (Å²) in [6.45, 7) is 7.81. The van der Waals surface area contributed by atoms with Crippen LogP contribution in [0.4, 0.5) is 0 Å². The molecule has 0 bridgehead atoms. The van der Waals surface area contributed by atoms with Gasteiger partial charge in [0.25, 0.3) is 0 Å². The molecule has 25 heavy (non-hydrogen) atoms. The predicted octanol–water partition coefficient (Wildman–Crippen LogP) is 1.13. The van der Waals surface area contributed by atoms with Crippen molar-refractivity contribution in [2.24, 2.45) is 22.7 Å². The van der Waals surface area contributed by atoms with Gasteiger partial charge in [-0.2, -0.15) is 0 Å². The van der Waals surface area contributed by atoms with E-state index in [4.69, 9.17) is 14.2 Å². The van der Waals surface area contributed by atoms with Gasteiger partial charge < -0.3 is 19.3 Å². The molecule has 5 aliphatic rings. The number of aliphatic hydroxyl groups is 1. The summed E-state index contributed by atoms with van der Waals surface area (Å²) in [4.78, 5) is 24.9. The molecule has 0 radical (unpaired) electrons. The first-order valence-electron chi connectivity index (χ1n) is 8.90. The van der Waals surface area contributed by atoms with Gasteiger partial charge in [-0.05, 0) is 30.1 Å². The maximum absolute atomic E-state index is 12.7. The summed E-state index contributed by atoms with van der Waals surface area (Å²) in [5.74, 6) is -0.909. The van der Waals surface area contributed by atoms with Gasteiger partial charge in [0, 0.05) is 17.4 Å². The zero-order valence-electron chi connectivity index (χ0n) is 14.7. The Bertz CT molecular complexity index is 766. The summed E-state index contributed by atoms with van der Waals surface area (Å²) in [5, 5.41) is 10.7. The number of carbonyl (C=O) groups is 2. The summed E-state index contributed by atoms with van der Waals surface area (Å²) in [6, 6.07) is 0. The molecule has 3 aliphatic heterocycles. The van der Waals surface area contributed by atoms with Crippen molar-refractivity contribution >= 4 is 11.9 Å². The lowest BCUT2D eigenvalue weighted by atomic mass is 9.48.